The molecule has 0 radical (unpaired) electrons. The lowest BCUT2D eigenvalue weighted by Gasteiger charge is -2.14. The second-order valence-corrected chi connectivity index (χ2v) is 10.7. The number of aromatic nitrogens is 1. The Kier molecular flexibility index (Phi) is 7.68. The van der Waals surface area contributed by atoms with E-state index in [1.165, 1.54) is 24.3 Å². The molecule has 0 spiro atoms. The molecule has 188 valence electrons. The van der Waals surface area contributed by atoms with Crippen LogP contribution in [0.25, 0.3) is 10.9 Å². The molecule has 0 aliphatic rings. The second kappa shape index (κ2) is 10.7. The first kappa shape index (κ1) is 25.8. The number of nitrogens with zero attached hydrogens (tertiary/aromatic N) is 1. The molecular formula is C27H28ClN3O4S. The van der Waals surface area contributed by atoms with Gasteiger partial charge in [0.2, 0.25) is 0 Å². The van der Waals surface area contributed by atoms with Crippen molar-refractivity contribution in [3.8, 4) is 0 Å². The van der Waals surface area contributed by atoms with Gasteiger partial charge in [-0.3, -0.25) is 9.52 Å². The molecule has 4 aromatic rings. The minimum atomic E-state index is -3.80. The van der Waals surface area contributed by atoms with E-state index >= 15 is 0 Å². The molecule has 0 aliphatic heterocycles. The van der Waals surface area contributed by atoms with E-state index in [4.69, 9.17) is 16.3 Å². The monoisotopic (exact) mass is 525 g/mol. The average Bonchev–Trinajstić information content (AvgIpc) is 3.19. The van der Waals surface area contributed by atoms with Crippen molar-refractivity contribution in [2.24, 2.45) is 0 Å². The molecule has 1 heterocycles. The van der Waals surface area contributed by atoms with E-state index in [-0.39, 0.29) is 10.8 Å². The zero-order valence-corrected chi connectivity index (χ0v) is 21.9. The van der Waals surface area contributed by atoms with Gasteiger partial charge in [-0.25, -0.2) is 8.42 Å². The Hall–Kier alpha value is -3.33. The lowest BCUT2D eigenvalue weighted by atomic mass is 10.1. The molecule has 0 aliphatic carbocycles. The molecule has 1 amide bonds. The number of aryl methyl sites for hydroxylation is 2. The van der Waals surface area contributed by atoms with Crippen LogP contribution in [-0.4, -0.2) is 39.2 Å². The number of methoxy groups -OCH3 is 1. The lowest BCUT2D eigenvalue weighted by Crippen LogP contribution is -2.29. The first-order valence-corrected chi connectivity index (χ1v) is 13.3. The first-order chi connectivity index (χ1) is 17.2. The number of hydrogen-bond donors (Lipinski definition) is 2. The SMILES string of the molecule is COCCNC(=O)c1cc2cc(NS(=O)(=O)c3ccc(Cl)cc3)ccc2n1Cc1cc(C)ccc1C. The molecule has 36 heavy (non-hydrogen) atoms. The largest absolute Gasteiger partial charge is 0.383 e. The van der Waals surface area contributed by atoms with Crippen LogP contribution in [0.1, 0.15) is 27.2 Å². The normalized spacial score (nSPS) is 11.6. The van der Waals surface area contributed by atoms with Crippen LogP contribution in [0.2, 0.25) is 5.02 Å². The highest BCUT2D eigenvalue weighted by Gasteiger charge is 2.19. The van der Waals surface area contributed by atoms with Gasteiger partial charge in [-0.15, -0.1) is 0 Å². The topological polar surface area (TPSA) is 89.4 Å². The standard InChI is InChI=1S/C27H28ClN3O4S/c1-18-4-5-19(2)21(14-18)17-31-25-11-8-23(30-36(33,34)24-9-6-22(28)7-10-24)15-20(25)16-26(31)27(32)29-12-13-35-3/h4-11,14-16,30H,12-13,17H2,1-3H3,(H,29,32). The van der Waals surface area contributed by atoms with Gasteiger partial charge in [0.1, 0.15) is 5.69 Å². The maximum atomic E-state index is 13.1. The van der Waals surface area contributed by atoms with Crippen molar-refractivity contribution in [2.45, 2.75) is 25.3 Å². The molecule has 0 saturated heterocycles. The molecule has 0 unspecified atom stereocenters. The number of rotatable bonds is 9. The number of carbonyl (C=O) groups excluding carboxylic acids is 1. The van der Waals surface area contributed by atoms with E-state index in [1.807, 2.05) is 24.5 Å². The Morgan fingerprint density at radius 2 is 1.75 bits per heavy atom. The summed E-state index contributed by atoms with van der Waals surface area (Å²) in [4.78, 5) is 13.2. The van der Waals surface area contributed by atoms with Crippen LogP contribution >= 0.6 is 11.6 Å². The van der Waals surface area contributed by atoms with E-state index in [0.29, 0.717) is 36.1 Å². The molecule has 0 atom stereocenters. The number of sulfonamides is 1. The van der Waals surface area contributed by atoms with Crippen molar-refractivity contribution >= 4 is 44.1 Å². The summed E-state index contributed by atoms with van der Waals surface area (Å²) in [5, 5.41) is 4.08. The predicted molar refractivity (Wildman–Crippen MR) is 143 cm³/mol. The Balaban J connectivity index is 1.72. The number of hydrogen-bond acceptors (Lipinski definition) is 4. The third kappa shape index (κ3) is 5.73. The van der Waals surface area contributed by atoms with Gasteiger partial charge in [-0.05, 0) is 73.5 Å². The predicted octanol–water partition coefficient (Wildman–Crippen LogP) is 5.14. The molecule has 2 N–H and O–H groups in total. The smallest absolute Gasteiger partial charge is 0.268 e. The molecule has 9 heteroatoms. The number of benzene rings is 3. The van der Waals surface area contributed by atoms with E-state index in [9.17, 15) is 13.2 Å². The third-order valence-electron chi connectivity index (χ3n) is 5.93. The van der Waals surface area contributed by atoms with E-state index in [1.54, 1.807) is 25.3 Å². The number of ether oxygens (including phenoxy) is 1. The summed E-state index contributed by atoms with van der Waals surface area (Å²) in [6.45, 7) is 5.36. The number of carbonyl (C=O) groups is 1. The summed E-state index contributed by atoms with van der Waals surface area (Å²) in [5.41, 5.74) is 5.07. The average molecular weight is 526 g/mol. The zero-order valence-electron chi connectivity index (χ0n) is 20.3. The Morgan fingerprint density at radius 1 is 1.00 bits per heavy atom. The van der Waals surface area contributed by atoms with Crippen molar-refractivity contribution in [3.63, 3.8) is 0 Å². The summed E-state index contributed by atoms with van der Waals surface area (Å²) in [6.07, 6.45) is 0. The van der Waals surface area contributed by atoms with Gasteiger partial charge in [-0.1, -0.05) is 35.4 Å². The molecular weight excluding hydrogens is 498 g/mol. The van der Waals surface area contributed by atoms with Gasteiger partial charge >= 0.3 is 0 Å². The quantitative estimate of drug-likeness (QED) is 0.296. The van der Waals surface area contributed by atoms with Crippen LogP contribution < -0.4 is 10.0 Å². The highest BCUT2D eigenvalue weighted by molar-refractivity contribution is 7.92. The summed E-state index contributed by atoms with van der Waals surface area (Å²) < 4.78 is 35.3. The number of amides is 1. The summed E-state index contributed by atoms with van der Waals surface area (Å²) >= 11 is 5.89. The fourth-order valence-electron chi connectivity index (χ4n) is 4.02. The highest BCUT2D eigenvalue weighted by Crippen LogP contribution is 2.27. The molecule has 1 aromatic heterocycles. The minimum absolute atomic E-state index is 0.109. The highest BCUT2D eigenvalue weighted by atomic mass is 35.5. The summed E-state index contributed by atoms with van der Waals surface area (Å²) in [5.74, 6) is -0.225. The van der Waals surface area contributed by atoms with E-state index < -0.39 is 10.0 Å². The minimum Gasteiger partial charge on any atom is -0.383 e. The van der Waals surface area contributed by atoms with Crippen molar-refractivity contribution < 1.29 is 17.9 Å². The second-order valence-electron chi connectivity index (χ2n) is 8.63. The fourth-order valence-corrected chi connectivity index (χ4v) is 5.19. The van der Waals surface area contributed by atoms with Crippen LogP contribution in [0, 0.1) is 13.8 Å². The molecule has 7 nitrogen and oxygen atoms in total. The van der Waals surface area contributed by atoms with Gasteiger partial charge in [-0.2, -0.15) is 0 Å². The van der Waals surface area contributed by atoms with Crippen molar-refractivity contribution in [2.75, 3.05) is 25.0 Å². The summed E-state index contributed by atoms with van der Waals surface area (Å²) in [7, 11) is -2.22. The summed E-state index contributed by atoms with van der Waals surface area (Å²) in [6, 6.07) is 19.2. The van der Waals surface area contributed by atoms with Gasteiger partial charge < -0.3 is 14.6 Å². The van der Waals surface area contributed by atoms with Gasteiger partial charge in [0.15, 0.2) is 0 Å². The molecule has 3 aromatic carbocycles. The third-order valence-corrected chi connectivity index (χ3v) is 7.58. The van der Waals surface area contributed by atoms with Gasteiger partial charge in [0.25, 0.3) is 15.9 Å². The van der Waals surface area contributed by atoms with E-state index in [2.05, 4.69) is 28.2 Å². The van der Waals surface area contributed by atoms with Crippen LogP contribution in [0.3, 0.4) is 0 Å². The van der Waals surface area contributed by atoms with Crippen molar-refractivity contribution in [3.05, 3.63) is 94.1 Å². The lowest BCUT2D eigenvalue weighted by molar-refractivity contribution is 0.0928. The Bertz CT molecular complexity index is 1510. The molecule has 4 rings (SSSR count). The Morgan fingerprint density at radius 3 is 2.47 bits per heavy atom. The van der Waals surface area contributed by atoms with Crippen LogP contribution in [-0.2, 0) is 21.3 Å². The van der Waals surface area contributed by atoms with Crippen LogP contribution in [0.4, 0.5) is 5.69 Å². The van der Waals surface area contributed by atoms with Gasteiger partial charge in [0.05, 0.1) is 11.5 Å². The number of anilines is 1. The molecule has 0 saturated carbocycles. The Labute approximate surface area is 216 Å². The zero-order chi connectivity index (χ0) is 25.9. The fraction of sp³-hybridized carbons (Fsp3) is 0.222. The van der Waals surface area contributed by atoms with Crippen molar-refractivity contribution in [1.29, 1.82) is 0 Å². The van der Waals surface area contributed by atoms with E-state index in [0.717, 1.165) is 27.6 Å². The van der Waals surface area contributed by atoms with Gasteiger partial charge in [0, 0.05) is 41.8 Å². The molecule has 0 bridgehead atoms. The number of fused-ring (bicyclic) bond motifs is 1. The first-order valence-electron chi connectivity index (χ1n) is 11.4. The maximum Gasteiger partial charge on any atom is 0.268 e. The maximum absolute atomic E-state index is 13.1. The number of nitrogens with one attached hydrogen (secondary N) is 2. The van der Waals surface area contributed by atoms with Crippen LogP contribution in [0.15, 0.2) is 71.6 Å². The van der Waals surface area contributed by atoms with Crippen molar-refractivity contribution in [1.82, 2.24) is 9.88 Å². The molecule has 0 fully saturated rings. The van der Waals surface area contributed by atoms with Crippen LogP contribution in [0.5, 0.6) is 0 Å². The number of halogens is 1.